The summed E-state index contributed by atoms with van der Waals surface area (Å²) < 4.78 is 5.38. The highest BCUT2D eigenvalue weighted by Crippen LogP contribution is 2.28. The minimum Gasteiger partial charge on any atom is -0.388 e. The van der Waals surface area contributed by atoms with E-state index in [-0.39, 0.29) is 0 Å². The molecule has 0 aliphatic carbocycles. The molecular weight excluding hydrogens is 264 g/mol. The molecule has 4 nitrogen and oxygen atoms in total. The molecule has 0 aromatic carbocycles. The quantitative estimate of drug-likeness (QED) is 0.901. The molecule has 0 spiro atoms. The smallest absolute Gasteiger partial charge is 0.0818 e. The second-order valence-corrected chi connectivity index (χ2v) is 6.50. The fourth-order valence-corrected chi connectivity index (χ4v) is 3.60. The van der Waals surface area contributed by atoms with Gasteiger partial charge < -0.3 is 9.84 Å². The molecule has 1 aromatic heterocycles. The Bertz CT molecular complexity index is 432. The summed E-state index contributed by atoms with van der Waals surface area (Å²) in [5.74, 6) is 0. The summed E-state index contributed by atoms with van der Waals surface area (Å²) in [5.41, 5.74) is 0.832. The molecule has 1 atom stereocenters. The van der Waals surface area contributed by atoms with Crippen LogP contribution >= 0.6 is 0 Å². The molecule has 0 amide bonds. The minimum absolute atomic E-state index is 0.530. The number of hydrogen-bond donors (Lipinski definition) is 1. The van der Waals surface area contributed by atoms with Crippen molar-refractivity contribution in [3.63, 3.8) is 0 Å². The number of hydrogen-bond acceptors (Lipinski definition) is 4. The fraction of sp³-hybridized carbons (Fsp3) is 0.706. The molecule has 2 saturated heterocycles. The van der Waals surface area contributed by atoms with Crippen LogP contribution in [0.4, 0.5) is 0 Å². The van der Waals surface area contributed by atoms with Crippen molar-refractivity contribution in [1.29, 1.82) is 0 Å². The van der Waals surface area contributed by atoms with Gasteiger partial charge in [0.15, 0.2) is 0 Å². The number of ether oxygens (including phenoxy) is 1. The van der Waals surface area contributed by atoms with Gasteiger partial charge in [-0.15, -0.1) is 0 Å². The predicted molar refractivity (Wildman–Crippen MR) is 82.2 cm³/mol. The third-order valence-electron chi connectivity index (χ3n) is 4.94. The van der Waals surface area contributed by atoms with Crippen LogP contribution in [0.25, 0.3) is 0 Å². The van der Waals surface area contributed by atoms with Gasteiger partial charge >= 0.3 is 0 Å². The Morgan fingerprint density at radius 3 is 2.81 bits per heavy atom. The van der Waals surface area contributed by atoms with Crippen LogP contribution in [-0.2, 0) is 11.2 Å². The predicted octanol–water partition coefficient (Wildman–Crippen LogP) is 2.02. The standard InChI is InChI=1S/C17H26N2O2/c20-17(7-12-21-13-8-17)14-19-11-1-2-16(19)4-3-15-5-9-18-10-6-15/h5-6,9-10,16,20H,1-4,7-8,11-14H2/t16-/m0/s1. The van der Waals surface area contributed by atoms with E-state index in [9.17, 15) is 5.11 Å². The van der Waals surface area contributed by atoms with Gasteiger partial charge in [0.2, 0.25) is 0 Å². The molecule has 4 heteroatoms. The van der Waals surface area contributed by atoms with E-state index >= 15 is 0 Å². The second-order valence-electron chi connectivity index (χ2n) is 6.50. The number of aryl methyl sites for hydroxylation is 1. The summed E-state index contributed by atoms with van der Waals surface area (Å²) in [6, 6.07) is 4.82. The molecule has 0 bridgehead atoms. The summed E-state index contributed by atoms with van der Waals surface area (Å²) in [6.07, 6.45) is 10.1. The fourth-order valence-electron chi connectivity index (χ4n) is 3.60. The maximum absolute atomic E-state index is 10.7. The first-order valence-corrected chi connectivity index (χ1v) is 8.18. The van der Waals surface area contributed by atoms with Gasteiger partial charge in [-0.25, -0.2) is 0 Å². The lowest BCUT2D eigenvalue weighted by Gasteiger charge is -2.37. The second kappa shape index (κ2) is 6.86. The molecule has 0 radical (unpaired) electrons. The Hall–Kier alpha value is -0.970. The average Bonchev–Trinajstić information content (AvgIpc) is 2.93. The van der Waals surface area contributed by atoms with Crippen molar-refractivity contribution in [3.05, 3.63) is 30.1 Å². The summed E-state index contributed by atoms with van der Waals surface area (Å²) in [4.78, 5) is 6.58. The molecule has 1 aromatic rings. The number of likely N-dealkylation sites (tertiary alicyclic amines) is 1. The molecule has 3 rings (SSSR count). The van der Waals surface area contributed by atoms with Crippen molar-refractivity contribution in [3.8, 4) is 0 Å². The molecule has 0 unspecified atom stereocenters. The Morgan fingerprint density at radius 2 is 2.05 bits per heavy atom. The van der Waals surface area contributed by atoms with Crippen molar-refractivity contribution < 1.29 is 9.84 Å². The van der Waals surface area contributed by atoms with Gasteiger partial charge in [-0.1, -0.05) is 0 Å². The lowest BCUT2D eigenvalue weighted by molar-refractivity contribution is -0.0816. The topological polar surface area (TPSA) is 45.6 Å². The van der Waals surface area contributed by atoms with Gasteiger partial charge in [-0.2, -0.15) is 0 Å². The third-order valence-corrected chi connectivity index (χ3v) is 4.94. The molecule has 1 N–H and O–H groups in total. The third kappa shape index (κ3) is 4.02. The maximum Gasteiger partial charge on any atom is 0.0818 e. The van der Waals surface area contributed by atoms with Crippen LogP contribution in [0.2, 0.25) is 0 Å². The highest BCUT2D eigenvalue weighted by molar-refractivity contribution is 5.10. The molecule has 2 aliphatic rings. The molecule has 21 heavy (non-hydrogen) atoms. The van der Waals surface area contributed by atoms with E-state index < -0.39 is 5.60 Å². The van der Waals surface area contributed by atoms with E-state index in [0.717, 1.165) is 32.4 Å². The Balaban J connectivity index is 1.53. The van der Waals surface area contributed by atoms with Crippen molar-refractivity contribution in [2.24, 2.45) is 0 Å². The van der Waals surface area contributed by atoms with Crippen LogP contribution in [0.5, 0.6) is 0 Å². The van der Waals surface area contributed by atoms with Crippen molar-refractivity contribution in [2.75, 3.05) is 26.3 Å². The number of nitrogens with zero attached hydrogens (tertiary/aromatic N) is 2. The van der Waals surface area contributed by atoms with Gasteiger partial charge in [-0.3, -0.25) is 9.88 Å². The molecule has 0 saturated carbocycles. The Kier molecular flexibility index (Phi) is 4.88. The number of rotatable bonds is 5. The van der Waals surface area contributed by atoms with Gasteiger partial charge in [0.25, 0.3) is 0 Å². The maximum atomic E-state index is 10.7. The van der Waals surface area contributed by atoms with Crippen LogP contribution in [0.3, 0.4) is 0 Å². The lowest BCUT2D eigenvalue weighted by Crippen LogP contribution is -2.48. The van der Waals surface area contributed by atoms with E-state index in [4.69, 9.17) is 4.74 Å². The molecule has 2 aliphatic heterocycles. The largest absolute Gasteiger partial charge is 0.388 e. The van der Waals surface area contributed by atoms with Gasteiger partial charge in [0.1, 0.15) is 0 Å². The summed E-state index contributed by atoms with van der Waals surface area (Å²) in [5, 5.41) is 10.7. The zero-order valence-electron chi connectivity index (χ0n) is 12.7. The summed E-state index contributed by atoms with van der Waals surface area (Å²) in [6.45, 7) is 3.35. The van der Waals surface area contributed by atoms with E-state index in [2.05, 4.69) is 22.0 Å². The van der Waals surface area contributed by atoms with Crippen molar-refractivity contribution >= 4 is 0 Å². The first-order chi connectivity index (χ1) is 10.3. The van der Waals surface area contributed by atoms with Gasteiger partial charge in [0.05, 0.1) is 5.60 Å². The van der Waals surface area contributed by atoms with Crippen molar-refractivity contribution in [2.45, 2.75) is 50.2 Å². The molecule has 2 fully saturated rings. The van der Waals surface area contributed by atoms with Crippen LogP contribution in [0, 0.1) is 0 Å². The summed E-state index contributed by atoms with van der Waals surface area (Å²) in [7, 11) is 0. The first-order valence-electron chi connectivity index (χ1n) is 8.18. The Labute approximate surface area is 127 Å². The van der Waals surface area contributed by atoms with Crippen LogP contribution in [0.1, 0.15) is 37.7 Å². The number of aromatic nitrogens is 1. The van der Waals surface area contributed by atoms with Crippen LogP contribution in [-0.4, -0.2) is 52.9 Å². The highest BCUT2D eigenvalue weighted by atomic mass is 16.5. The lowest BCUT2D eigenvalue weighted by atomic mass is 9.93. The summed E-state index contributed by atoms with van der Waals surface area (Å²) >= 11 is 0. The first kappa shape index (κ1) is 14.9. The highest BCUT2D eigenvalue weighted by Gasteiger charge is 2.35. The Morgan fingerprint density at radius 1 is 1.29 bits per heavy atom. The van der Waals surface area contributed by atoms with Gasteiger partial charge in [0, 0.05) is 51.0 Å². The number of pyridine rings is 1. The normalized spacial score (nSPS) is 26.0. The van der Waals surface area contributed by atoms with E-state index in [1.54, 1.807) is 0 Å². The average molecular weight is 290 g/mol. The molecule has 116 valence electrons. The van der Waals surface area contributed by atoms with E-state index in [1.165, 1.54) is 24.8 Å². The molecular formula is C17H26N2O2. The zero-order chi connectivity index (χ0) is 14.5. The van der Waals surface area contributed by atoms with Gasteiger partial charge in [-0.05, 0) is 49.9 Å². The van der Waals surface area contributed by atoms with Crippen molar-refractivity contribution in [1.82, 2.24) is 9.88 Å². The number of aliphatic hydroxyl groups is 1. The monoisotopic (exact) mass is 290 g/mol. The number of β-amino-alcohol motifs (C(OH)–C–C–N with tert-alkyl or cyclic N) is 1. The minimum atomic E-state index is -0.530. The van der Waals surface area contributed by atoms with E-state index in [0.29, 0.717) is 19.3 Å². The molecule has 3 heterocycles. The van der Waals surface area contributed by atoms with E-state index in [1.807, 2.05) is 12.4 Å². The SMILES string of the molecule is OC1(CN2CCC[C@H]2CCc2ccncc2)CCOCC1. The zero-order valence-corrected chi connectivity index (χ0v) is 12.7. The van der Waals surface area contributed by atoms with Crippen LogP contribution < -0.4 is 0 Å². The van der Waals surface area contributed by atoms with Crippen LogP contribution in [0.15, 0.2) is 24.5 Å².